The molecule has 39 heavy (non-hydrogen) atoms. The fourth-order valence-electron chi connectivity index (χ4n) is 4.46. The van der Waals surface area contributed by atoms with Crippen molar-refractivity contribution < 1.29 is 28.5 Å². The molecule has 1 atom stereocenters. The molecule has 0 aliphatic carbocycles. The number of likely N-dealkylation sites (N-methyl/N-ethyl adjacent to an activating group) is 1. The van der Waals surface area contributed by atoms with Crippen molar-refractivity contribution in [1.29, 1.82) is 0 Å². The minimum Gasteiger partial charge on any atom is -0.497 e. The molecular weight excluding hydrogens is 516 g/mol. The largest absolute Gasteiger partial charge is 0.497 e. The molecule has 3 aromatic carbocycles. The summed E-state index contributed by atoms with van der Waals surface area (Å²) < 4.78 is 28.5. The highest BCUT2D eigenvalue weighted by Gasteiger charge is 2.35. The lowest BCUT2D eigenvalue weighted by atomic mass is 10.1. The van der Waals surface area contributed by atoms with Gasteiger partial charge in [-0.2, -0.15) is 0 Å². The van der Waals surface area contributed by atoms with Crippen LogP contribution in [0.3, 0.4) is 0 Å². The number of para-hydroxylation sites is 2. The molecule has 0 aromatic heterocycles. The Morgan fingerprint density at radius 3 is 2.31 bits per heavy atom. The average molecular weight is 553 g/mol. The molecule has 1 aliphatic heterocycles. The Hall–Kier alpha value is -3.56. The number of carbonyl (C=O) groups excluding carboxylic acids is 1. The van der Waals surface area contributed by atoms with Gasteiger partial charge in [-0.3, -0.25) is 9.69 Å². The van der Waals surface area contributed by atoms with Crippen LogP contribution in [0.4, 0.5) is 5.69 Å². The van der Waals surface area contributed by atoms with Gasteiger partial charge in [-0.25, -0.2) is 0 Å². The number of anilines is 1. The molecule has 4 rings (SSSR count). The van der Waals surface area contributed by atoms with Gasteiger partial charge in [0.2, 0.25) is 11.7 Å². The van der Waals surface area contributed by atoms with Gasteiger partial charge < -0.3 is 28.6 Å². The van der Waals surface area contributed by atoms with Gasteiger partial charge >= 0.3 is 0 Å². The van der Waals surface area contributed by atoms with Crippen molar-refractivity contribution in [2.75, 3.05) is 59.6 Å². The van der Waals surface area contributed by atoms with Crippen molar-refractivity contribution in [3.8, 4) is 28.7 Å². The van der Waals surface area contributed by atoms with E-state index in [0.717, 1.165) is 47.2 Å². The Balaban J connectivity index is 1.33. The normalized spacial score (nSPS) is 14.2. The highest BCUT2D eigenvalue weighted by molar-refractivity contribution is 8.00. The molecule has 9 heteroatoms. The number of thioether (sulfide) groups is 1. The number of fused-ring (bicyclic) bond motifs is 1. The lowest BCUT2D eigenvalue weighted by molar-refractivity contribution is -0.116. The van der Waals surface area contributed by atoms with Crippen LogP contribution >= 0.6 is 11.8 Å². The number of amides is 1. The van der Waals surface area contributed by atoms with Gasteiger partial charge in [-0.1, -0.05) is 30.0 Å². The standard InChI is InChI=1S/C30H36N2O6S/c1-21(33)32-24-10-6-7-13-28(24)39-30(32)23-20-22(34-3)14-15-25(23)37-18-9-16-31(2)17-19-38-29-26(35-4)11-8-12-27(29)36-5/h6-8,10-15,20,30H,9,16-19H2,1-5H3. The first-order valence-electron chi connectivity index (χ1n) is 12.8. The van der Waals surface area contributed by atoms with Gasteiger partial charge in [0, 0.05) is 30.5 Å². The molecule has 1 unspecified atom stereocenters. The van der Waals surface area contributed by atoms with E-state index in [1.807, 2.05) is 65.6 Å². The summed E-state index contributed by atoms with van der Waals surface area (Å²) >= 11 is 1.65. The summed E-state index contributed by atoms with van der Waals surface area (Å²) in [6.07, 6.45) is 0.828. The third-order valence-electron chi connectivity index (χ3n) is 6.46. The van der Waals surface area contributed by atoms with Crippen LogP contribution in [-0.2, 0) is 4.79 Å². The molecule has 0 N–H and O–H groups in total. The van der Waals surface area contributed by atoms with E-state index in [1.165, 1.54) is 0 Å². The molecule has 0 fully saturated rings. The maximum Gasteiger partial charge on any atom is 0.225 e. The van der Waals surface area contributed by atoms with Crippen LogP contribution in [0.5, 0.6) is 28.7 Å². The molecule has 3 aromatic rings. The number of carbonyl (C=O) groups is 1. The second-order valence-corrected chi connectivity index (χ2v) is 10.2. The quantitative estimate of drug-likeness (QED) is 0.252. The Morgan fingerprint density at radius 2 is 1.62 bits per heavy atom. The van der Waals surface area contributed by atoms with Crippen LogP contribution in [0, 0.1) is 0 Å². The first kappa shape index (κ1) is 28.4. The minimum atomic E-state index is -0.225. The first-order chi connectivity index (χ1) is 19.0. The third kappa shape index (κ3) is 6.72. The van der Waals surface area contributed by atoms with Crippen molar-refractivity contribution in [3.05, 3.63) is 66.2 Å². The summed E-state index contributed by atoms with van der Waals surface area (Å²) in [5.41, 5.74) is 1.83. The zero-order chi connectivity index (χ0) is 27.8. The first-order valence-corrected chi connectivity index (χ1v) is 13.7. The van der Waals surface area contributed by atoms with E-state index in [0.29, 0.717) is 30.5 Å². The summed E-state index contributed by atoms with van der Waals surface area (Å²) in [6.45, 7) is 4.20. The molecule has 1 aliphatic rings. The van der Waals surface area contributed by atoms with Crippen LogP contribution in [0.25, 0.3) is 0 Å². The molecule has 0 radical (unpaired) electrons. The van der Waals surface area contributed by atoms with Crippen LogP contribution < -0.4 is 28.6 Å². The van der Waals surface area contributed by atoms with E-state index in [1.54, 1.807) is 40.0 Å². The average Bonchev–Trinajstić information content (AvgIpc) is 3.35. The monoisotopic (exact) mass is 552 g/mol. The lowest BCUT2D eigenvalue weighted by Crippen LogP contribution is -2.28. The lowest BCUT2D eigenvalue weighted by Gasteiger charge is -2.26. The van der Waals surface area contributed by atoms with E-state index in [2.05, 4.69) is 11.9 Å². The molecular formula is C30H36N2O6S. The zero-order valence-electron chi connectivity index (χ0n) is 23.1. The number of ether oxygens (including phenoxy) is 5. The number of hydrogen-bond acceptors (Lipinski definition) is 8. The van der Waals surface area contributed by atoms with Crippen LogP contribution in [0.2, 0.25) is 0 Å². The third-order valence-corrected chi connectivity index (χ3v) is 7.75. The minimum absolute atomic E-state index is 0.0131. The van der Waals surface area contributed by atoms with Crippen LogP contribution in [0.15, 0.2) is 65.6 Å². The predicted octanol–water partition coefficient (Wildman–Crippen LogP) is 5.65. The highest BCUT2D eigenvalue weighted by atomic mass is 32.2. The second kappa shape index (κ2) is 13.5. The second-order valence-electron chi connectivity index (χ2n) is 9.08. The summed E-state index contributed by atoms with van der Waals surface area (Å²) in [5, 5.41) is -0.225. The molecule has 1 heterocycles. The zero-order valence-corrected chi connectivity index (χ0v) is 24.0. The fraction of sp³-hybridized carbons (Fsp3) is 0.367. The van der Waals surface area contributed by atoms with Crippen molar-refractivity contribution in [2.24, 2.45) is 0 Å². The van der Waals surface area contributed by atoms with Crippen LogP contribution in [0.1, 0.15) is 24.3 Å². The van der Waals surface area contributed by atoms with Gasteiger partial charge in [0.1, 0.15) is 23.5 Å². The van der Waals surface area contributed by atoms with Crippen LogP contribution in [-0.4, -0.2) is 65.5 Å². The molecule has 0 saturated heterocycles. The van der Waals surface area contributed by atoms with Gasteiger partial charge in [0.25, 0.3) is 0 Å². The smallest absolute Gasteiger partial charge is 0.225 e. The fourth-order valence-corrected chi connectivity index (χ4v) is 5.83. The summed E-state index contributed by atoms with van der Waals surface area (Å²) in [7, 11) is 6.93. The Bertz CT molecular complexity index is 1250. The molecule has 0 spiro atoms. The van der Waals surface area contributed by atoms with Gasteiger partial charge in [-0.15, -0.1) is 0 Å². The van der Waals surface area contributed by atoms with Crippen molar-refractivity contribution in [1.82, 2.24) is 4.90 Å². The van der Waals surface area contributed by atoms with Crippen molar-refractivity contribution in [2.45, 2.75) is 23.6 Å². The Morgan fingerprint density at radius 1 is 0.872 bits per heavy atom. The molecule has 8 nitrogen and oxygen atoms in total. The van der Waals surface area contributed by atoms with Crippen molar-refractivity contribution in [3.63, 3.8) is 0 Å². The van der Waals surface area contributed by atoms with E-state index in [-0.39, 0.29) is 11.3 Å². The molecule has 1 amide bonds. The van der Waals surface area contributed by atoms with Gasteiger partial charge in [0.15, 0.2) is 11.5 Å². The van der Waals surface area contributed by atoms with E-state index < -0.39 is 0 Å². The van der Waals surface area contributed by atoms with Gasteiger partial charge in [0.05, 0.1) is 33.6 Å². The van der Waals surface area contributed by atoms with Crippen molar-refractivity contribution >= 4 is 23.4 Å². The number of methoxy groups -OCH3 is 3. The van der Waals surface area contributed by atoms with E-state index in [4.69, 9.17) is 23.7 Å². The Kier molecular flexibility index (Phi) is 9.84. The molecule has 0 saturated carbocycles. The SMILES string of the molecule is COc1ccc(OCCCN(C)CCOc2c(OC)cccc2OC)c(C2Sc3ccccc3N2C(C)=O)c1. The highest BCUT2D eigenvalue weighted by Crippen LogP contribution is 2.53. The predicted molar refractivity (Wildman–Crippen MR) is 154 cm³/mol. The maximum atomic E-state index is 12.7. The number of rotatable bonds is 13. The summed E-state index contributed by atoms with van der Waals surface area (Å²) in [6, 6.07) is 19.3. The number of nitrogens with zero attached hydrogens (tertiary/aromatic N) is 2. The summed E-state index contributed by atoms with van der Waals surface area (Å²) in [5.74, 6) is 3.36. The van der Waals surface area contributed by atoms with E-state index in [9.17, 15) is 4.79 Å². The van der Waals surface area contributed by atoms with Gasteiger partial charge in [-0.05, 0) is 55.9 Å². The number of benzene rings is 3. The summed E-state index contributed by atoms with van der Waals surface area (Å²) in [4.78, 5) is 17.7. The maximum absolute atomic E-state index is 12.7. The molecule has 0 bridgehead atoms. The number of hydrogen-bond donors (Lipinski definition) is 0. The van der Waals surface area contributed by atoms with E-state index >= 15 is 0 Å². The topological polar surface area (TPSA) is 69.7 Å². The Labute approximate surface area is 234 Å². The molecule has 208 valence electrons.